The minimum Gasteiger partial charge on any atom is -0.391 e. The Bertz CT molecular complexity index is 927. The monoisotopic (exact) mass is 473 g/mol. The second-order valence-electron chi connectivity index (χ2n) is 9.57. The molecule has 0 amide bonds. The second kappa shape index (κ2) is 8.72. The van der Waals surface area contributed by atoms with Crippen molar-refractivity contribution in [2.24, 2.45) is 0 Å². The highest BCUT2D eigenvalue weighted by Gasteiger charge is 2.45. The van der Waals surface area contributed by atoms with E-state index >= 15 is 0 Å². The summed E-state index contributed by atoms with van der Waals surface area (Å²) in [6.07, 6.45) is 0.774. The Balaban J connectivity index is 1.36. The summed E-state index contributed by atoms with van der Waals surface area (Å²) in [5, 5.41) is 24.3. The number of halogens is 3. The number of rotatable bonds is 6. The molecule has 2 aromatic rings. The average Bonchev–Trinajstić information content (AvgIpc) is 3.30. The molecule has 0 bridgehead atoms. The molecule has 0 aromatic carbocycles. The summed E-state index contributed by atoms with van der Waals surface area (Å²) < 4.78 is 47.4. The van der Waals surface area contributed by atoms with Crippen LogP contribution in [0.5, 0.6) is 0 Å². The smallest absolute Gasteiger partial charge is 0.391 e. The van der Waals surface area contributed by atoms with E-state index in [4.69, 9.17) is 4.74 Å². The highest BCUT2D eigenvalue weighted by molar-refractivity contribution is 7.12. The summed E-state index contributed by atoms with van der Waals surface area (Å²) in [7, 11) is 0. The number of aliphatic hydroxyl groups excluding tert-OH is 1. The average molecular weight is 474 g/mol. The summed E-state index contributed by atoms with van der Waals surface area (Å²) in [4.78, 5) is 2.48. The maximum absolute atomic E-state index is 13.2. The van der Waals surface area contributed by atoms with Crippen molar-refractivity contribution in [3.8, 4) is 0 Å². The van der Waals surface area contributed by atoms with Gasteiger partial charge in [-0.2, -0.15) is 18.3 Å². The van der Waals surface area contributed by atoms with E-state index in [2.05, 4.69) is 10.00 Å². The predicted octanol–water partition coefficient (Wildman–Crippen LogP) is 3.55. The number of ether oxygens (including phenoxy) is 1. The molecule has 2 N–H and O–H groups in total. The molecule has 2 aliphatic heterocycles. The number of aromatic nitrogens is 2. The maximum atomic E-state index is 13.2. The van der Waals surface area contributed by atoms with E-state index in [0.717, 1.165) is 40.4 Å². The van der Waals surface area contributed by atoms with Gasteiger partial charge in [-0.1, -0.05) is 0 Å². The fourth-order valence-corrected chi connectivity index (χ4v) is 5.99. The third-order valence-corrected chi connectivity index (χ3v) is 7.55. The molecular formula is C22H30F3N3O3S. The van der Waals surface area contributed by atoms with Gasteiger partial charge in [-0.15, -0.1) is 11.3 Å². The highest BCUT2D eigenvalue weighted by atomic mass is 32.1. The molecule has 0 saturated carbocycles. The van der Waals surface area contributed by atoms with E-state index in [1.807, 2.05) is 6.20 Å². The number of alkyl halides is 3. The third kappa shape index (κ3) is 5.36. The normalized spacial score (nSPS) is 20.5. The standard InChI is InChI=1S/C22H30F3N3O3S/c1-20(2,30)10-17(29)14-28-13-15(11-26-28)12-27-6-4-21(5-7-27)19-16(3-8-31-21)9-18(32-19)22(23,24)25/h9,11,13,17,29-30H,3-8,10,12,14H2,1-2H3. The second-order valence-corrected chi connectivity index (χ2v) is 10.6. The molecular weight excluding hydrogens is 443 g/mol. The Morgan fingerprint density at radius 3 is 2.66 bits per heavy atom. The first-order valence-electron chi connectivity index (χ1n) is 10.9. The molecule has 10 heteroatoms. The van der Waals surface area contributed by atoms with E-state index in [0.29, 0.717) is 39.0 Å². The number of thiophene rings is 1. The molecule has 1 unspecified atom stereocenters. The zero-order chi connectivity index (χ0) is 23.1. The van der Waals surface area contributed by atoms with Crippen LogP contribution in [0.2, 0.25) is 0 Å². The van der Waals surface area contributed by atoms with Crippen LogP contribution in [0.4, 0.5) is 13.2 Å². The molecule has 0 aliphatic carbocycles. The molecule has 32 heavy (non-hydrogen) atoms. The van der Waals surface area contributed by atoms with Gasteiger partial charge in [0, 0.05) is 42.7 Å². The van der Waals surface area contributed by atoms with Gasteiger partial charge >= 0.3 is 6.18 Å². The topological polar surface area (TPSA) is 70.8 Å². The van der Waals surface area contributed by atoms with Crippen LogP contribution < -0.4 is 0 Å². The molecule has 6 nitrogen and oxygen atoms in total. The van der Waals surface area contributed by atoms with Gasteiger partial charge in [-0.3, -0.25) is 9.58 Å². The van der Waals surface area contributed by atoms with Gasteiger partial charge in [0.2, 0.25) is 0 Å². The molecule has 0 radical (unpaired) electrons. The number of likely N-dealkylation sites (tertiary alicyclic amines) is 1. The van der Waals surface area contributed by atoms with Crippen LogP contribution in [-0.2, 0) is 36.0 Å². The SMILES string of the molecule is CC(C)(O)CC(O)Cn1cc(CN2CCC3(CC2)OCCc2cc(C(F)(F)F)sc23)cn1. The first-order valence-corrected chi connectivity index (χ1v) is 11.7. The molecule has 1 atom stereocenters. The largest absolute Gasteiger partial charge is 0.425 e. The van der Waals surface area contributed by atoms with E-state index in [1.165, 1.54) is 6.07 Å². The Hall–Kier alpha value is -1.46. The number of fused-ring (bicyclic) bond motifs is 2. The van der Waals surface area contributed by atoms with Gasteiger partial charge in [0.05, 0.1) is 31.1 Å². The van der Waals surface area contributed by atoms with Crippen molar-refractivity contribution in [3.05, 3.63) is 39.3 Å². The molecule has 1 saturated heterocycles. The lowest BCUT2D eigenvalue weighted by molar-refractivity contribution is -0.134. The zero-order valence-electron chi connectivity index (χ0n) is 18.4. The minimum absolute atomic E-state index is 0.261. The van der Waals surface area contributed by atoms with Crippen molar-refractivity contribution in [1.82, 2.24) is 14.7 Å². The molecule has 178 valence electrons. The van der Waals surface area contributed by atoms with Crippen molar-refractivity contribution in [2.45, 2.75) is 76.1 Å². The Morgan fingerprint density at radius 1 is 1.28 bits per heavy atom. The Kier molecular flexibility index (Phi) is 6.45. The predicted molar refractivity (Wildman–Crippen MR) is 114 cm³/mol. The van der Waals surface area contributed by atoms with Crippen molar-refractivity contribution < 1.29 is 28.1 Å². The highest BCUT2D eigenvalue weighted by Crippen LogP contribution is 2.48. The van der Waals surface area contributed by atoms with Gasteiger partial charge in [0.1, 0.15) is 10.5 Å². The van der Waals surface area contributed by atoms with Crippen molar-refractivity contribution in [2.75, 3.05) is 19.7 Å². The van der Waals surface area contributed by atoms with Gasteiger partial charge < -0.3 is 14.9 Å². The first kappa shape index (κ1) is 23.7. The minimum atomic E-state index is -4.31. The molecule has 4 rings (SSSR count). The van der Waals surface area contributed by atoms with Crippen LogP contribution in [0.1, 0.15) is 54.0 Å². The van der Waals surface area contributed by atoms with Crippen molar-refractivity contribution >= 4 is 11.3 Å². The van der Waals surface area contributed by atoms with Crippen LogP contribution in [0, 0.1) is 0 Å². The Morgan fingerprint density at radius 2 is 2.00 bits per heavy atom. The van der Waals surface area contributed by atoms with E-state index in [9.17, 15) is 23.4 Å². The first-order chi connectivity index (χ1) is 14.9. The molecule has 1 fully saturated rings. The number of nitrogens with zero attached hydrogens (tertiary/aromatic N) is 3. The lowest BCUT2D eigenvalue weighted by atomic mass is 9.85. The van der Waals surface area contributed by atoms with Crippen LogP contribution in [0.25, 0.3) is 0 Å². The summed E-state index contributed by atoms with van der Waals surface area (Å²) in [5.74, 6) is 0. The lowest BCUT2D eigenvalue weighted by Gasteiger charge is -2.43. The quantitative estimate of drug-likeness (QED) is 0.672. The van der Waals surface area contributed by atoms with E-state index in [1.54, 1.807) is 24.7 Å². The van der Waals surface area contributed by atoms with Crippen LogP contribution in [0.3, 0.4) is 0 Å². The third-order valence-electron chi connectivity index (χ3n) is 6.14. The summed E-state index contributed by atoms with van der Waals surface area (Å²) in [5.41, 5.74) is 0.248. The van der Waals surface area contributed by atoms with Crippen LogP contribution >= 0.6 is 11.3 Å². The van der Waals surface area contributed by atoms with Gasteiger partial charge in [-0.25, -0.2) is 0 Å². The van der Waals surface area contributed by atoms with E-state index < -0.39 is 28.4 Å². The van der Waals surface area contributed by atoms with Gasteiger partial charge in [0.15, 0.2) is 0 Å². The van der Waals surface area contributed by atoms with Crippen molar-refractivity contribution in [3.63, 3.8) is 0 Å². The molecule has 4 heterocycles. The number of hydrogen-bond donors (Lipinski definition) is 2. The van der Waals surface area contributed by atoms with Gasteiger partial charge in [-0.05, 0) is 44.7 Å². The van der Waals surface area contributed by atoms with Crippen LogP contribution in [0.15, 0.2) is 18.5 Å². The van der Waals surface area contributed by atoms with Crippen molar-refractivity contribution in [1.29, 1.82) is 0 Å². The van der Waals surface area contributed by atoms with E-state index in [-0.39, 0.29) is 6.42 Å². The fraction of sp³-hybridized carbons (Fsp3) is 0.682. The summed E-state index contributed by atoms with van der Waals surface area (Å²) in [6.45, 7) is 6.23. The molecule has 2 aromatic heterocycles. The van der Waals surface area contributed by atoms with Gasteiger partial charge in [0.25, 0.3) is 0 Å². The molecule has 2 aliphatic rings. The molecule has 1 spiro atoms. The fourth-order valence-electron chi connectivity index (χ4n) is 4.71. The Labute approximate surface area is 189 Å². The summed E-state index contributed by atoms with van der Waals surface area (Å²) in [6, 6.07) is 1.30. The zero-order valence-corrected chi connectivity index (χ0v) is 19.2. The number of piperidine rings is 1. The number of hydrogen-bond acceptors (Lipinski definition) is 6. The maximum Gasteiger partial charge on any atom is 0.425 e. The van der Waals surface area contributed by atoms with Crippen LogP contribution in [-0.4, -0.2) is 56.3 Å². The summed E-state index contributed by atoms with van der Waals surface area (Å²) >= 11 is 0.842. The lowest BCUT2D eigenvalue weighted by Crippen LogP contribution is -2.45. The number of aliphatic hydroxyl groups is 2.